The summed E-state index contributed by atoms with van der Waals surface area (Å²) in [6, 6.07) is 9.09. The number of carbonyl (C=O) groups excluding carboxylic acids is 1. The zero-order valence-electron chi connectivity index (χ0n) is 15.4. The minimum atomic E-state index is -0.875. The zero-order valence-corrected chi connectivity index (χ0v) is 15.4. The van der Waals surface area contributed by atoms with Gasteiger partial charge in [0.2, 0.25) is 0 Å². The van der Waals surface area contributed by atoms with Crippen LogP contribution in [0.1, 0.15) is 31.7 Å². The lowest BCUT2D eigenvalue weighted by Gasteiger charge is -2.33. The Kier molecular flexibility index (Phi) is 4.82. The first-order valence-electron chi connectivity index (χ1n) is 9.53. The lowest BCUT2D eigenvalue weighted by molar-refractivity contribution is -0.209. The maximum absolute atomic E-state index is 12.6. The second-order valence-corrected chi connectivity index (χ2v) is 7.56. The van der Waals surface area contributed by atoms with E-state index in [4.69, 9.17) is 14.2 Å². The number of piperidine rings is 1. The second-order valence-electron chi connectivity index (χ2n) is 7.56. The predicted molar refractivity (Wildman–Crippen MR) is 94.8 cm³/mol. The van der Waals surface area contributed by atoms with Crippen LogP contribution in [0.2, 0.25) is 0 Å². The molecule has 27 heavy (non-hydrogen) atoms. The highest BCUT2D eigenvalue weighted by atomic mass is 16.7. The van der Waals surface area contributed by atoms with Gasteiger partial charge in [-0.1, -0.05) is 30.3 Å². The fourth-order valence-corrected chi connectivity index (χ4v) is 4.58. The van der Waals surface area contributed by atoms with Gasteiger partial charge in [-0.25, -0.2) is 4.79 Å². The van der Waals surface area contributed by atoms with Crippen molar-refractivity contribution in [1.29, 1.82) is 0 Å². The molecule has 7 nitrogen and oxygen atoms in total. The molecule has 2 heterocycles. The maximum atomic E-state index is 12.6. The molecule has 4 rings (SSSR count). The summed E-state index contributed by atoms with van der Waals surface area (Å²) in [7, 11) is 0. The lowest BCUT2D eigenvalue weighted by Crippen LogP contribution is -2.47. The van der Waals surface area contributed by atoms with E-state index < -0.39 is 29.9 Å². The van der Waals surface area contributed by atoms with Crippen LogP contribution in [0.15, 0.2) is 30.3 Å². The Labute approximate surface area is 158 Å². The number of amides is 1. The number of likely N-dealkylation sites (tertiary alicyclic amines) is 1. The summed E-state index contributed by atoms with van der Waals surface area (Å²) < 4.78 is 17.3. The van der Waals surface area contributed by atoms with Crippen molar-refractivity contribution in [2.75, 3.05) is 13.2 Å². The van der Waals surface area contributed by atoms with Crippen LogP contribution in [-0.2, 0) is 25.6 Å². The van der Waals surface area contributed by atoms with Crippen LogP contribution in [-0.4, -0.2) is 53.2 Å². The number of benzene rings is 1. The van der Waals surface area contributed by atoms with E-state index in [1.165, 1.54) is 0 Å². The van der Waals surface area contributed by atoms with Crippen molar-refractivity contribution in [3.63, 3.8) is 0 Å². The molecule has 0 spiro atoms. The van der Waals surface area contributed by atoms with Crippen molar-refractivity contribution in [2.24, 2.45) is 11.8 Å². The Morgan fingerprint density at radius 3 is 2.74 bits per heavy atom. The second kappa shape index (κ2) is 7.13. The molecule has 2 aliphatic heterocycles. The molecule has 5 atom stereocenters. The molecular formula is C20H25NO6. The van der Waals surface area contributed by atoms with Gasteiger partial charge in [-0.05, 0) is 31.7 Å². The topological polar surface area (TPSA) is 85.3 Å². The van der Waals surface area contributed by atoms with Gasteiger partial charge in [0, 0.05) is 19.1 Å². The average Bonchev–Trinajstić information content (AvgIpc) is 3.24. The van der Waals surface area contributed by atoms with Gasteiger partial charge in [0.1, 0.15) is 12.2 Å². The molecule has 0 bridgehead atoms. The molecule has 1 amide bonds. The number of ether oxygens (including phenoxy) is 3. The number of rotatable bonds is 5. The predicted octanol–water partition coefficient (Wildman–Crippen LogP) is 2.64. The molecule has 0 aromatic heterocycles. The molecule has 1 saturated carbocycles. The van der Waals surface area contributed by atoms with Crippen LogP contribution in [0.3, 0.4) is 0 Å². The van der Waals surface area contributed by atoms with Gasteiger partial charge in [0.25, 0.3) is 0 Å². The van der Waals surface area contributed by atoms with Crippen molar-refractivity contribution in [3.05, 3.63) is 35.9 Å². The molecule has 2 saturated heterocycles. The minimum Gasteiger partial charge on any atom is -0.481 e. The number of carboxylic acid groups (broad SMARTS) is 1. The van der Waals surface area contributed by atoms with Crippen molar-refractivity contribution in [1.82, 2.24) is 4.90 Å². The van der Waals surface area contributed by atoms with E-state index in [2.05, 4.69) is 0 Å². The van der Waals surface area contributed by atoms with E-state index in [1.807, 2.05) is 37.3 Å². The standard InChI is InChI=1S/C20H25NO6/c1-13-20(27-16-9-5-6-10-25-16)15(17(20)18(22)23)11-21(13)19(24)26-12-14-7-3-2-4-8-14/h2-4,7-8,13,15-17H,5-6,9-12H2,1H3,(H,22,23). The van der Waals surface area contributed by atoms with Crippen molar-refractivity contribution >= 4 is 12.1 Å². The highest BCUT2D eigenvalue weighted by molar-refractivity contribution is 5.80. The molecule has 5 unspecified atom stereocenters. The van der Waals surface area contributed by atoms with Crippen LogP contribution in [0.4, 0.5) is 4.79 Å². The van der Waals surface area contributed by atoms with Crippen LogP contribution in [0, 0.1) is 11.8 Å². The SMILES string of the molecule is CC1N(C(=O)OCc2ccccc2)CC2C(C(=O)O)C21OC1CCCCO1. The average molecular weight is 375 g/mol. The maximum Gasteiger partial charge on any atom is 0.410 e. The van der Waals surface area contributed by atoms with Crippen LogP contribution >= 0.6 is 0 Å². The highest BCUT2D eigenvalue weighted by Gasteiger charge is 2.78. The quantitative estimate of drug-likeness (QED) is 0.852. The summed E-state index contributed by atoms with van der Waals surface area (Å²) in [5.41, 5.74) is 0.0346. The summed E-state index contributed by atoms with van der Waals surface area (Å²) in [6.07, 6.45) is 1.92. The van der Waals surface area contributed by atoms with Crippen LogP contribution in [0.25, 0.3) is 0 Å². The Balaban J connectivity index is 1.43. The third-order valence-corrected chi connectivity index (χ3v) is 6.05. The van der Waals surface area contributed by atoms with E-state index in [-0.39, 0.29) is 18.6 Å². The summed E-state index contributed by atoms with van der Waals surface area (Å²) >= 11 is 0. The molecule has 0 radical (unpaired) electrons. The molecule has 1 aromatic carbocycles. The number of carboxylic acids is 1. The Hall–Kier alpha value is -2.12. The summed E-state index contributed by atoms with van der Waals surface area (Å²) in [5.74, 6) is -1.70. The number of fused-ring (bicyclic) bond motifs is 1. The number of hydrogen-bond acceptors (Lipinski definition) is 5. The Bertz CT molecular complexity index is 704. The first-order chi connectivity index (χ1) is 13.0. The normalized spacial score (nSPS) is 34.8. The van der Waals surface area contributed by atoms with Gasteiger partial charge >= 0.3 is 12.1 Å². The smallest absolute Gasteiger partial charge is 0.410 e. The van der Waals surface area contributed by atoms with E-state index in [9.17, 15) is 14.7 Å². The number of hydrogen-bond donors (Lipinski definition) is 1. The number of aliphatic carboxylic acids is 1. The molecule has 146 valence electrons. The molecule has 7 heteroatoms. The fourth-order valence-electron chi connectivity index (χ4n) is 4.58. The molecule has 1 aromatic rings. The Morgan fingerprint density at radius 2 is 2.07 bits per heavy atom. The van der Waals surface area contributed by atoms with E-state index in [1.54, 1.807) is 4.90 Å². The minimum absolute atomic E-state index is 0.190. The van der Waals surface area contributed by atoms with Gasteiger partial charge in [-0.3, -0.25) is 4.79 Å². The third kappa shape index (κ3) is 3.19. The van der Waals surface area contributed by atoms with Crippen molar-refractivity contribution < 1.29 is 28.9 Å². The van der Waals surface area contributed by atoms with E-state index in [0.717, 1.165) is 24.8 Å². The lowest BCUT2D eigenvalue weighted by atomic mass is 10.1. The van der Waals surface area contributed by atoms with Crippen molar-refractivity contribution in [2.45, 2.75) is 50.7 Å². The molecule has 3 aliphatic rings. The van der Waals surface area contributed by atoms with Crippen LogP contribution in [0.5, 0.6) is 0 Å². The monoisotopic (exact) mass is 375 g/mol. The van der Waals surface area contributed by atoms with Gasteiger partial charge < -0.3 is 24.2 Å². The van der Waals surface area contributed by atoms with Gasteiger partial charge in [0.15, 0.2) is 6.29 Å². The van der Waals surface area contributed by atoms with Gasteiger partial charge in [-0.15, -0.1) is 0 Å². The first-order valence-corrected chi connectivity index (χ1v) is 9.53. The number of carbonyl (C=O) groups is 2. The molecule has 1 aliphatic carbocycles. The summed E-state index contributed by atoms with van der Waals surface area (Å²) in [6.45, 7) is 2.99. The van der Waals surface area contributed by atoms with Gasteiger partial charge in [-0.2, -0.15) is 0 Å². The van der Waals surface area contributed by atoms with E-state index >= 15 is 0 Å². The highest BCUT2D eigenvalue weighted by Crippen LogP contribution is 2.62. The number of nitrogens with zero attached hydrogens (tertiary/aromatic N) is 1. The molecule has 3 fully saturated rings. The van der Waals surface area contributed by atoms with Crippen LogP contribution < -0.4 is 0 Å². The summed E-state index contributed by atoms with van der Waals surface area (Å²) in [5, 5.41) is 9.59. The molecular weight excluding hydrogens is 350 g/mol. The van der Waals surface area contributed by atoms with E-state index in [0.29, 0.717) is 13.2 Å². The molecule has 1 N–H and O–H groups in total. The van der Waals surface area contributed by atoms with Gasteiger partial charge in [0.05, 0.1) is 12.0 Å². The largest absolute Gasteiger partial charge is 0.481 e. The zero-order chi connectivity index (χ0) is 19.0. The third-order valence-electron chi connectivity index (χ3n) is 6.05. The first kappa shape index (κ1) is 18.3. The Morgan fingerprint density at radius 1 is 1.30 bits per heavy atom. The summed E-state index contributed by atoms with van der Waals surface area (Å²) in [4.78, 5) is 25.9. The van der Waals surface area contributed by atoms with Crippen molar-refractivity contribution in [3.8, 4) is 0 Å². The fraction of sp³-hybridized carbons (Fsp3) is 0.600.